The first kappa shape index (κ1) is 14.9. The molecule has 0 saturated carbocycles. The minimum Gasteiger partial charge on any atom is -0.348 e. The molecular weight excluding hydrogens is 292 g/mol. The molecule has 0 aliphatic heterocycles. The van der Waals surface area contributed by atoms with Crippen LogP contribution >= 0.6 is 0 Å². The Bertz CT molecular complexity index is 890. The SMILES string of the molecule is C[C@H](NC(=O)Cn1ncc(=O)c2ccccc21)c1ccncc1. The molecule has 6 nitrogen and oxygen atoms in total. The van der Waals surface area contributed by atoms with Gasteiger partial charge in [0.05, 0.1) is 17.8 Å². The number of fused-ring (bicyclic) bond motifs is 1. The summed E-state index contributed by atoms with van der Waals surface area (Å²) in [6, 6.07) is 10.7. The molecule has 1 atom stereocenters. The predicted octanol–water partition coefficient (Wildman–Crippen LogP) is 1.67. The highest BCUT2D eigenvalue weighted by atomic mass is 16.2. The second-order valence-corrected chi connectivity index (χ2v) is 5.25. The van der Waals surface area contributed by atoms with E-state index in [2.05, 4.69) is 15.4 Å². The highest BCUT2D eigenvalue weighted by Crippen LogP contribution is 2.11. The van der Waals surface area contributed by atoms with E-state index in [-0.39, 0.29) is 23.9 Å². The summed E-state index contributed by atoms with van der Waals surface area (Å²) in [5.74, 6) is -0.171. The third-order valence-corrected chi connectivity index (χ3v) is 3.64. The number of carbonyl (C=O) groups is 1. The number of pyridine rings is 1. The van der Waals surface area contributed by atoms with Gasteiger partial charge in [0, 0.05) is 17.8 Å². The van der Waals surface area contributed by atoms with Gasteiger partial charge in [-0.05, 0) is 36.8 Å². The van der Waals surface area contributed by atoms with Gasteiger partial charge in [0.1, 0.15) is 6.54 Å². The average Bonchev–Trinajstić information content (AvgIpc) is 2.58. The van der Waals surface area contributed by atoms with Gasteiger partial charge in [-0.15, -0.1) is 0 Å². The fourth-order valence-electron chi connectivity index (χ4n) is 2.45. The lowest BCUT2D eigenvalue weighted by Crippen LogP contribution is -2.31. The van der Waals surface area contributed by atoms with E-state index >= 15 is 0 Å². The maximum Gasteiger partial charge on any atom is 0.242 e. The Morgan fingerprint density at radius 3 is 2.74 bits per heavy atom. The molecule has 0 unspecified atom stereocenters. The minimum atomic E-state index is -0.171. The van der Waals surface area contributed by atoms with Crippen molar-refractivity contribution in [3.8, 4) is 0 Å². The van der Waals surface area contributed by atoms with E-state index in [1.807, 2.05) is 25.1 Å². The first-order valence-electron chi connectivity index (χ1n) is 7.29. The Morgan fingerprint density at radius 2 is 1.96 bits per heavy atom. The van der Waals surface area contributed by atoms with Crippen molar-refractivity contribution in [2.75, 3.05) is 0 Å². The van der Waals surface area contributed by atoms with Crippen molar-refractivity contribution in [3.05, 3.63) is 70.8 Å². The van der Waals surface area contributed by atoms with Crippen LogP contribution in [0.3, 0.4) is 0 Å². The van der Waals surface area contributed by atoms with Crippen LogP contribution in [0.15, 0.2) is 59.8 Å². The van der Waals surface area contributed by atoms with Crippen molar-refractivity contribution in [1.82, 2.24) is 20.1 Å². The number of para-hydroxylation sites is 1. The monoisotopic (exact) mass is 308 g/mol. The Labute approximate surface area is 132 Å². The van der Waals surface area contributed by atoms with Crippen molar-refractivity contribution in [2.24, 2.45) is 0 Å². The smallest absolute Gasteiger partial charge is 0.242 e. The number of carbonyl (C=O) groups excluding carboxylic acids is 1. The van der Waals surface area contributed by atoms with Crippen LogP contribution in [0.5, 0.6) is 0 Å². The number of nitrogens with zero attached hydrogens (tertiary/aromatic N) is 3. The fourth-order valence-corrected chi connectivity index (χ4v) is 2.45. The van der Waals surface area contributed by atoms with Crippen LogP contribution in [-0.2, 0) is 11.3 Å². The molecule has 2 aromatic heterocycles. The lowest BCUT2D eigenvalue weighted by molar-refractivity contribution is -0.122. The number of aromatic nitrogens is 3. The van der Waals surface area contributed by atoms with Gasteiger partial charge in [-0.3, -0.25) is 19.3 Å². The summed E-state index contributed by atoms with van der Waals surface area (Å²) < 4.78 is 1.53. The Morgan fingerprint density at radius 1 is 1.22 bits per heavy atom. The summed E-state index contributed by atoms with van der Waals surface area (Å²) in [5, 5.41) is 7.53. The number of rotatable bonds is 4. The second kappa shape index (κ2) is 6.39. The molecule has 0 radical (unpaired) electrons. The van der Waals surface area contributed by atoms with Crippen LogP contribution in [-0.4, -0.2) is 20.7 Å². The summed E-state index contributed by atoms with van der Waals surface area (Å²) in [6.07, 6.45) is 4.62. The molecular formula is C17H16N4O2. The molecule has 23 heavy (non-hydrogen) atoms. The number of nitrogens with one attached hydrogen (secondary N) is 1. The Hall–Kier alpha value is -3.02. The zero-order chi connectivity index (χ0) is 16.2. The Kier molecular flexibility index (Phi) is 4.14. The van der Waals surface area contributed by atoms with Gasteiger partial charge in [-0.25, -0.2) is 0 Å². The molecule has 0 fully saturated rings. The van der Waals surface area contributed by atoms with Crippen LogP contribution in [0.2, 0.25) is 0 Å². The fraction of sp³-hybridized carbons (Fsp3) is 0.176. The predicted molar refractivity (Wildman–Crippen MR) is 86.8 cm³/mol. The molecule has 0 bridgehead atoms. The number of hydrogen-bond acceptors (Lipinski definition) is 4. The molecule has 1 aromatic carbocycles. The standard InChI is InChI=1S/C17H16N4O2/c1-12(13-6-8-18-9-7-13)20-17(23)11-21-15-5-3-2-4-14(15)16(22)10-19-21/h2-10,12H,11H2,1H3,(H,20,23)/t12-/m0/s1. The van der Waals surface area contributed by atoms with Crippen LogP contribution in [0.4, 0.5) is 0 Å². The van der Waals surface area contributed by atoms with Gasteiger partial charge in [0.15, 0.2) is 0 Å². The van der Waals surface area contributed by atoms with Gasteiger partial charge in [0.25, 0.3) is 0 Å². The van der Waals surface area contributed by atoms with Gasteiger partial charge in [-0.2, -0.15) is 5.10 Å². The quantitative estimate of drug-likeness (QED) is 0.795. The maximum absolute atomic E-state index is 12.3. The maximum atomic E-state index is 12.3. The average molecular weight is 308 g/mol. The summed E-state index contributed by atoms with van der Waals surface area (Å²) >= 11 is 0. The third-order valence-electron chi connectivity index (χ3n) is 3.64. The van der Waals surface area contributed by atoms with Crippen LogP contribution < -0.4 is 10.7 Å². The lowest BCUT2D eigenvalue weighted by atomic mass is 10.1. The van der Waals surface area contributed by atoms with Crippen molar-refractivity contribution >= 4 is 16.8 Å². The number of amides is 1. The second-order valence-electron chi connectivity index (χ2n) is 5.25. The molecule has 0 aliphatic rings. The van der Waals surface area contributed by atoms with E-state index in [4.69, 9.17) is 0 Å². The topological polar surface area (TPSA) is 76.9 Å². The normalized spacial score (nSPS) is 12.0. The summed E-state index contributed by atoms with van der Waals surface area (Å²) in [6.45, 7) is 1.96. The third kappa shape index (κ3) is 3.26. The molecule has 3 rings (SSSR count). The molecule has 0 spiro atoms. The molecule has 116 valence electrons. The highest BCUT2D eigenvalue weighted by molar-refractivity contribution is 5.81. The van der Waals surface area contributed by atoms with Crippen LogP contribution in [0, 0.1) is 0 Å². The highest BCUT2D eigenvalue weighted by Gasteiger charge is 2.11. The van der Waals surface area contributed by atoms with Crippen LogP contribution in [0.25, 0.3) is 10.9 Å². The van der Waals surface area contributed by atoms with E-state index < -0.39 is 0 Å². The summed E-state index contributed by atoms with van der Waals surface area (Å²) in [5.41, 5.74) is 1.47. The van der Waals surface area contributed by atoms with Crippen molar-refractivity contribution in [3.63, 3.8) is 0 Å². The summed E-state index contributed by atoms with van der Waals surface area (Å²) in [4.78, 5) is 28.0. The molecule has 1 amide bonds. The molecule has 6 heteroatoms. The molecule has 1 N–H and O–H groups in total. The molecule has 0 saturated heterocycles. The van der Waals surface area contributed by atoms with Crippen molar-refractivity contribution in [2.45, 2.75) is 19.5 Å². The first-order chi connectivity index (χ1) is 11.1. The minimum absolute atomic E-state index is 0.0518. The number of hydrogen-bond donors (Lipinski definition) is 1. The van der Waals surface area contributed by atoms with E-state index in [1.54, 1.807) is 30.6 Å². The lowest BCUT2D eigenvalue weighted by Gasteiger charge is -2.15. The van der Waals surface area contributed by atoms with Crippen LogP contribution in [0.1, 0.15) is 18.5 Å². The van der Waals surface area contributed by atoms with Gasteiger partial charge >= 0.3 is 0 Å². The molecule has 3 aromatic rings. The van der Waals surface area contributed by atoms with Gasteiger partial charge < -0.3 is 5.32 Å². The van der Waals surface area contributed by atoms with E-state index in [0.29, 0.717) is 10.9 Å². The Balaban J connectivity index is 1.79. The van der Waals surface area contributed by atoms with E-state index in [9.17, 15) is 9.59 Å². The molecule has 0 aliphatic carbocycles. The van der Waals surface area contributed by atoms with Gasteiger partial charge in [-0.1, -0.05) is 12.1 Å². The largest absolute Gasteiger partial charge is 0.348 e. The first-order valence-corrected chi connectivity index (χ1v) is 7.29. The zero-order valence-electron chi connectivity index (χ0n) is 12.6. The van der Waals surface area contributed by atoms with Gasteiger partial charge in [0.2, 0.25) is 11.3 Å². The number of benzene rings is 1. The van der Waals surface area contributed by atoms with E-state index in [1.165, 1.54) is 10.9 Å². The van der Waals surface area contributed by atoms with Crippen molar-refractivity contribution < 1.29 is 4.79 Å². The zero-order valence-corrected chi connectivity index (χ0v) is 12.6. The van der Waals surface area contributed by atoms with E-state index in [0.717, 1.165) is 5.56 Å². The summed E-state index contributed by atoms with van der Waals surface area (Å²) in [7, 11) is 0. The van der Waals surface area contributed by atoms with Crippen molar-refractivity contribution in [1.29, 1.82) is 0 Å². The molecule has 2 heterocycles.